The van der Waals surface area contributed by atoms with Gasteiger partial charge in [-0.1, -0.05) is 26.4 Å². The van der Waals surface area contributed by atoms with Crippen LogP contribution in [0.1, 0.15) is 27.7 Å². The van der Waals surface area contributed by atoms with Gasteiger partial charge < -0.3 is 9.74 Å². The van der Waals surface area contributed by atoms with E-state index in [1.807, 2.05) is 0 Å². The fraction of sp³-hybridized carbons (Fsp3) is 0.875. The van der Waals surface area contributed by atoms with E-state index in [0.717, 1.165) is 0 Å². The Morgan fingerprint density at radius 2 is 1.69 bits per heavy atom. The molecule has 0 aromatic rings. The Kier molecular flexibility index (Phi) is 13.0. The highest BCUT2D eigenvalue weighted by Crippen LogP contribution is 1.81. The Bertz CT molecular complexity index is 110. The van der Waals surface area contributed by atoms with Crippen LogP contribution < -0.4 is 11.4 Å². The molecule has 0 heterocycles. The van der Waals surface area contributed by atoms with Crippen LogP contribution in [-0.2, 0) is 9.63 Å². The van der Waals surface area contributed by atoms with Crippen molar-refractivity contribution >= 4 is 5.97 Å². The Hall–Kier alpha value is -0.650. The van der Waals surface area contributed by atoms with Crippen LogP contribution in [0, 0.1) is 0 Å². The highest BCUT2D eigenvalue weighted by molar-refractivity contribution is 5.65. The van der Waals surface area contributed by atoms with Gasteiger partial charge in [-0.15, -0.1) is 0 Å². The zero-order valence-electron chi connectivity index (χ0n) is 8.96. The van der Waals surface area contributed by atoms with Crippen molar-refractivity contribution < 1.29 is 9.63 Å². The van der Waals surface area contributed by atoms with Crippen molar-refractivity contribution in [3.05, 3.63) is 0 Å². The van der Waals surface area contributed by atoms with Gasteiger partial charge in [0.15, 0.2) is 0 Å². The minimum absolute atomic E-state index is 0.447. The maximum Gasteiger partial charge on any atom is 0.323 e. The van der Waals surface area contributed by atoms with Crippen LogP contribution in [-0.4, -0.2) is 30.5 Å². The normalized spacial score (nSPS) is 9.08. The Labute approximate surface area is 80.1 Å². The van der Waals surface area contributed by atoms with Gasteiger partial charge in [0.1, 0.15) is 0 Å². The number of hydrogen-bond acceptors (Lipinski definition) is 5. The Balaban J connectivity index is 0. The second kappa shape index (κ2) is 11.4. The van der Waals surface area contributed by atoms with E-state index in [-0.39, 0.29) is 0 Å². The third-order valence-corrected chi connectivity index (χ3v) is 1.54. The second-order valence-corrected chi connectivity index (χ2v) is 2.33. The second-order valence-electron chi connectivity index (χ2n) is 2.33. The van der Waals surface area contributed by atoms with Crippen LogP contribution in [0.5, 0.6) is 0 Å². The number of carbonyl (C=O) groups excluding carboxylic acids is 1. The van der Waals surface area contributed by atoms with Gasteiger partial charge in [0.25, 0.3) is 0 Å². The summed E-state index contributed by atoms with van der Waals surface area (Å²) in [5, 5.41) is 0. The molecule has 80 valence electrons. The SMILES string of the molecule is CC(=O)ONN.CCN(CC)CC. The quantitative estimate of drug-likeness (QED) is 0.493. The third-order valence-electron chi connectivity index (χ3n) is 1.54. The summed E-state index contributed by atoms with van der Waals surface area (Å²) >= 11 is 0. The summed E-state index contributed by atoms with van der Waals surface area (Å²) in [6, 6.07) is 0. The molecule has 13 heavy (non-hydrogen) atoms. The molecule has 0 amide bonds. The molecule has 0 saturated heterocycles. The van der Waals surface area contributed by atoms with Crippen LogP contribution in [0.15, 0.2) is 0 Å². The monoisotopic (exact) mass is 191 g/mol. The van der Waals surface area contributed by atoms with Gasteiger partial charge in [0.05, 0.1) is 0 Å². The molecule has 3 N–H and O–H groups in total. The van der Waals surface area contributed by atoms with E-state index in [4.69, 9.17) is 0 Å². The fourth-order valence-corrected chi connectivity index (χ4v) is 0.754. The van der Waals surface area contributed by atoms with E-state index in [9.17, 15) is 4.79 Å². The van der Waals surface area contributed by atoms with Crippen molar-refractivity contribution in [2.24, 2.45) is 5.84 Å². The molecule has 0 spiro atoms. The van der Waals surface area contributed by atoms with Gasteiger partial charge in [-0.2, -0.15) is 0 Å². The van der Waals surface area contributed by atoms with E-state index in [1.54, 1.807) is 5.59 Å². The average Bonchev–Trinajstić information content (AvgIpc) is 2.08. The molecular weight excluding hydrogens is 170 g/mol. The standard InChI is InChI=1S/C6H15N.C2H6N2O2/c1-4-7(5-2)6-3;1-2(5)6-4-3/h4-6H2,1-3H3;4H,3H2,1H3. The maximum atomic E-state index is 9.68. The molecular formula is C8H21N3O2. The number of carbonyl (C=O) groups is 1. The zero-order chi connectivity index (χ0) is 10.7. The molecule has 0 fully saturated rings. The van der Waals surface area contributed by atoms with Gasteiger partial charge in [-0.3, -0.25) is 4.79 Å². The molecule has 0 aliphatic carbocycles. The van der Waals surface area contributed by atoms with E-state index in [1.165, 1.54) is 26.6 Å². The highest BCUT2D eigenvalue weighted by atomic mass is 16.7. The van der Waals surface area contributed by atoms with Gasteiger partial charge >= 0.3 is 5.97 Å². The first-order valence-electron chi connectivity index (χ1n) is 4.47. The number of nitrogens with zero attached hydrogens (tertiary/aromatic N) is 1. The molecule has 5 nitrogen and oxygen atoms in total. The predicted molar refractivity (Wildman–Crippen MR) is 52.6 cm³/mol. The summed E-state index contributed by atoms with van der Waals surface area (Å²) in [6.45, 7) is 11.4. The van der Waals surface area contributed by atoms with Crippen molar-refractivity contribution in [1.82, 2.24) is 10.5 Å². The van der Waals surface area contributed by atoms with Gasteiger partial charge in [0, 0.05) is 6.92 Å². The molecule has 0 bridgehead atoms. The Morgan fingerprint density at radius 1 is 1.31 bits per heavy atom. The molecule has 0 saturated carbocycles. The zero-order valence-corrected chi connectivity index (χ0v) is 8.96. The Morgan fingerprint density at radius 3 is 1.69 bits per heavy atom. The summed E-state index contributed by atoms with van der Waals surface area (Å²) in [5.74, 6) is 4.09. The van der Waals surface area contributed by atoms with Crippen molar-refractivity contribution in [3.63, 3.8) is 0 Å². The number of rotatable bonds is 4. The molecule has 0 radical (unpaired) electrons. The average molecular weight is 191 g/mol. The lowest BCUT2D eigenvalue weighted by Gasteiger charge is -2.13. The maximum absolute atomic E-state index is 9.68. The number of nitrogens with two attached hydrogens (primary N) is 1. The van der Waals surface area contributed by atoms with Crippen molar-refractivity contribution in [3.8, 4) is 0 Å². The molecule has 0 aliphatic heterocycles. The summed E-state index contributed by atoms with van der Waals surface area (Å²) in [4.78, 5) is 16.0. The van der Waals surface area contributed by atoms with E-state index in [0.29, 0.717) is 0 Å². The minimum atomic E-state index is -0.447. The van der Waals surface area contributed by atoms with Crippen LogP contribution in [0.4, 0.5) is 0 Å². The molecule has 0 aromatic heterocycles. The number of hydrogen-bond donors (Lipinski definition) is 2. The lowest BCUT2D eigenvalue weighted by molar-refractivity contribution is -0.148. The van der Waals surface area contributed by atoms with Gasteiger partial charge in [-0.05, 0) is 19.6 Å². The van der Waals surface area contributed by atoms with Crippen molar-refractivity contribution in [2.45, 2.75) is 27.7 Å². The third kappa shape index (κ3) is 14.2. The molecule has 0 atom stereocenters. The first-order valence-corrected chi connectivity index (χ1v) is 4.47. The fourth-order valence-electron chi connectivity index (χ4n) is 0.754. The first-order chi connectivity index (χ1) is 6.12. The first kappa shape index (κ1) is 14.9. The van der Waals surface area contributed by atoms with Crippen LogP contribution in [0.3, 0.4) is 0 Å². The molecule has 0 aliphatic rings. The largest absolute Gasteiger partial charge is 0.356 e. The van der Waals surface area contributed by atoms with E-state index >= 15 is 0 Å². The molecule has 0 aromatic carbocycles. The van der Waals surface area contributed by atoms with Gasteiger partial charge in [-0.25, -0.2) is 5.84 Å². The minimum Gasteiger partial charge on any atom is -0.356 e. The van der Waals surface area contributed by atoms with Crippen LogP contribution >= 0.6 is 0 Å². The summed E-state index contributed by atoms with van der Waals surface area (Å²) in [7, 11) is 0. The summed E-state index contributed by atoms with van der Waals surface area (Å²) in [5.41, 5.74) is 1.72. The topological polar surface area (TPSA) is 67.6 Å². The molecule has 5 heteroatoms. The number of nitrogens with one attached hydrogen (secondary N) is 1. The lowest BCUT2D eigenvalue weighted by atomic mass is 10.5. The smallest absolute Gasteiger partial charge is 0.323 e. The predicted octanol–water partition coefficient (Wildman–Crippen LogP) is 0.276. The summed E-state index contributed by atoms with van der Waals surface area (Å²) < 4.78 is 0. The van der Waals surface area contributed by atoms with E-state index in [2.05, 4.69) is 36.4 Å². The van der Waals surface area contributed by atoms with Crippen molar-refractivity contribution in [2.75, 3.05) is 19.6 Å². The van der Waals surface area contributed by atoms with Crippen LogP contribution in [0.25, 0.3) is 0 Å². The van der Waals surface area contributed by atoms with Crippen LogP contribution in [0.2, 0.25) is 0 Å². The van der Waals surface area contributed by atoms with Crippen molar-refractivity contribution in [1.29, 1.82) is 0 Å². The molecule has 0 unspecified atom stereocenters. The number of hydrazine groups is 1. The lowest BCUT2D eigenvalue weighted by Crippen LogP contribution is -2.24. The van der Waals surface area contributed by atoms with E-state index < -0.39 is 5.97 Å². The van der Waals surface area contributed by atoms with Gasteiger partial charge in [0.2, 0.25) is 0 Å². The summed E-state index contributed by atoms with van der Waals surface area (Å²) in [6.07, 6.45) is 0. The highest BCUT2D eigenvalue weighted by Gasteiger charge is 1.89. The molecule has 0 rings (SSSR count).